The second-order valence-electron chi connectivity index (χ2n) is 9.54. The zero-order valence-corrected chi connectivity index (χ0v) is 18.8. The van der Waals surface area contributed by atoms with Crippen molar-refractivity contribution in [2.24, 2.45) is 17.3 Å². The van der Waals surface area contributed by atoms with Crippen LogP contribution >= 0.6 is 0 Å². The number of aryl methyl sites for hydroxylation is 2. The second kappa shape index (κ2) is 8.62. The Kier molecular flexibility index (Phi) is 6.33. The Balaban J connectivity index is 1.82. The van der Waals surface area contributed by atoms with E-state index in [-0.39, 0.29) is 22.9 Å². The zero-order valence-electron chi connectivity index (χ0n) is 18.8. The molecule has 3 rings (SSSR count). The molecule has 0 saturated heterocycles. The van der Waals surface area contributed by atoms with Gasteiger partial charge in [0.05, 0.1) is 5.69 Å². The maximum atomic E-state index is 13.0. The lowest BCUT2D eigenvalue weighted by Crippen LogP contribution is -2.29. The molecule has 0 aliphatic heterocycles. The van der Waals surface area contributed by atoms with Crippen LogP contribution in [0.5, 0.6) is 0 Å². The smallest absolute Gasteiger partial charge is 0.278 e. The van der Waals surface area contributed by atoms with Gasteiger partial charge in [0.25, 0.3) is 11.8 Å². The van der Waals surface area contributed by atoms with Crippen LogP contribution < -0.4 is 10.6 Å². The van der Waals surface area contributed by atoms with Crippen LogP contribution in [-0.4, -0.2) is 33.3 Å². The molecule has 0 radical (unpaired) electrons. The molecule has 1 aliphatic rings. The largest absolute Gasteiger partial charge is 0.360 e. The maximum absolute atomic E-state index is 13.0. The minimum atomic E-state index is -0.372. The molecule has 2 aromatic heterocycles. The highest BCUT2D eigenvalue weighted by atomic mass is 16.5. The third kappa shape index (κ3) is 4.74. The molecule has 8 nitrogen and oxygen atoms in total. The minimum Gasteiger partial charge on any atom is -0.360 e. The first-order chi connectivity index (χ1) is 14.1. The molecule has 0 bridgehead atoms. The average Bonchev–Trinajstić information content (AvgIpc) is 3.28. The van der Waals surface area contributed by atoms with Crippen molar-refractivity contribution in [1.82, 2.24) is 20.3 Å². The van der Waals surface area contributed by atoms with Crippen LogP contribution in [0.4, 0.5) is 5.69 Å². The SMILES string of the molecule is CCn1cc(NC(=O)c2noc3c2CC(C(C)(C)C)CC3)c(C(=O)NCC(C)C)n1. The van der Waals surface area contributed by atoms with Gasteiger partial charge in [0.15, 0.2) is 11.4 Å². The van der Waals surface area contributed by atoms with Crippen molar-refractivity contribution in [2.45, 2.75) is 67.3 Å². The Morgan fingerprint density at radius 2 is 2.00 bits per heavy atom. The van der Waals surface area contributed by atoms with E-state index in [0.717, 1.165) is 30.6 Å². The first kappa shape index (κ1) is 22.1. The first-order valence-corrected chi connectivity index (χ1v) is 10.7. The van der Waals surface area contributed by atoms with E-state index in [2.05, 4.69) is 41.7 Å². The number of nitrogens with one attached hydrogen (secondary N) is 2. The quantitative estimate of drug-likeness (QED) is 0.749. The van der Waals surface area contributed by atoms with Crippen LogP contribution in [0.2, 0.25) is 0 Å². The van der Waals surface area contributed by atoms with E-state index in [1.165, 1.54) is 0 Å². The molecular weight excluding hydrogens is 382 g/mol. The van der Waals surface area contributed by atoms with E-state index in [1.54, 1.807) is 10.9 Å². The van der Waals surface area contributed by atoms with E-state index in [4.69, 9.17) is 4.52 Å². The lowest BCUT2D eigenvalue weighted by atomic mass is 9.71. The van der Waals surface area contributed by atoms with Crippen molar-refractivity contribution in [1.29, 1.82) is 0 Å². The predicted molar refractivity (Wildman–Crippen MR) is 114 cm³/mol. The zero-order chi connectivity index (χ0) is 22.1. The van der Waals surface area contributed by atoms with Gasteiger partial charge in [0.2, 0.25) is 0 Å². The minimum absolute atomic E-state index is 0.145. The highest BCUT2D eigenvalue weighted by Crippen LogP contribution is 2.38. The van der Waals surface area contributed by atoms with Gasteiger partial charge in [-0.15, -0.1) is 0 Å². The Labute approximate surface area is 177 Å². The highest BCUT2D eigenvalue weighted by Gasteiger charge is 2.34. The molecule has 1 aliphatic carbocycles. The van der Waals surface area contributed by atoms with Crippen molar-refractivity contribution in [3.05, 3.63) is 28.9 Å². The fourth-order valence-corrected chi connectivity index (χ4v) is 3.73. The van der Waals surface area contributed by atoms with Gasteiger partial charge in [0.1, 0.15) is 5.76 Å². The van der Waals surface area contributed by atoms with Crippen molar-refractivity contribution in [2.75, 3.05) is 11.9 Å². The lowest BCUT2D eigenvalue weighted by molar-refractivity contribution is 0.0944. The van der Waals surface area contributed by atoms with E-state index in [1.807, 2.05) is 20.8 Å². The third-order valence-corrected chi connectivity index (χ3v) is 5.70. The summed E-state index contributed by atoms with van der Waals surface area (Å²) in [5.74, 6) is 0.887. The summed E-state index contributed by atoms with van der Waals surface area (Å²) in [7, 11) is 0. The number of hydrogen-bond acceptors (Lipinski definition) is 5. The molecule has 164 valence electrons. The molecule has 2 N–H and O–H groups in total. The summed E-state index contributed by atoms with van der Waals surface area (Å²) >= 11 is 0. The van der Waals surface area contributed by atoms with Gasteiger partial charge in [-0.2, -0.15) is 5.10 Å². The van der Waals surface area contributed by atoms with Crippen LogP contribution in [0.1, 0.15) is 80.3 Å². The number of amides is 2. The van der Waals surface area contributed by atoms with Gasteiger partial charge in [-0.05, 0) is 37.0 Å². The Morgan fingerprint density at radius 1 is 1.27 bits per heavy atom. The summed E-state index contributed by atoms with van der Waals surface area (Å²) in [6, 6.07) is 0. The summed E-state index contributed by atoms with van der Waals surface area (Å²) in [4.78, 5) is 25.6. The molecule has 2 amide bonds. The normalized spacial score (nSPS) is 16.4. The molecule has 0 spiro atoms. The predicted octanol–water partition coefficient (Wildman–Crippen LogP) is 3.68. The molecule has 8 heteroatoms. The molecule has 0 fully saturated rings. The van der Waals surface area contributed by atoms with Crippen LogP contribution in [0.25, 0.3) is 0 Å². The third-order valence-electron chi connectivity index (χ3n) is 5.70. The Morgan fingerprint density at radius 3 is 2.63 bits per heavy atom. The lowest BCUT2D eigenvalue weighted by Gasteiger charge is -2.33. The van der Waals surface area contributed by atoms with Gasteiger partial charge < -0.3 is 15.2 Å². The number of hydrogen-bond donors (Lipinski definition) is 2. The fourth-order valence-electron chi connectivity index (χ4n) is 3.73. The summed E-state index contributed by atoms with van der Waals surface area (Å²) in [5.41, 5.74) is 1.91. The monoisotopic (exact) mass is 415 g/mol. The summed E-state index contributed by atoms with van der Waals surface area (Å²) in [5, 5.41) is 14.1. The number of rotatable bonds is 6. The van der Waals surface area contributed by atoms with Gasteiger partial charge in [-0.25, -0.2) is 0 Å². The average molecular weight is 416 g/mol. The van der Waals surface area contributed by atoms with E-state index >= 15 is 0 Å². The first-order valence-electron chi connectivity index (χ1n) is 10.7. The summed E-state index contributed by atoms with van der Waals surface area (Å²) < 4.78 is 7.10. The van der Waals surface area contributed by atoms with Gasteiger partial charge in [-0.3, -0.25) is 14.3 Å². The topological polar surface area (TPSA) is 102 Å². The van der Waals surface area contributed by atoms with Crippen molar-refractivity contribution < 1.29 is 14.1 Å². The standard InChI is InChI=1S/C22H33N5O3/c1-7-27-12-16(19(25-27)20(28)23-11-13(2)3)24-21(29)18-15-10-14(22(4,5)6)8-9-17(15)30-26-18/h12-14H,7-11H2,1-6H3,(H,23,28)(H,24,29). The molecule has 1 atom stereocenters. The van der Waals surface area contributed by atoms with Crippen LogP contribution in [0.15, 0.2) is 10.7 Å². The summed E-state index contributed by atoms with van der Waals surface area (Å²) in [6.45, 7) is 13.8. The fraction of sp³-hybridized carbons (Fsp3) is 0.636. The highest BCUT2D eigenvalue weighted by molar-refractivity contribution is 6.08. The van der Waals surface area contributed by atoms with Crippen molar-refractivity contribution >= 4 is 17.5 Å². The molecule has 2 aromatic rings. The van der Waals surface area contributed by atoms with E-state index < -0.39 is 0 Å². The number of anilines is 1. The van der Waals surface area contributed by atoms with Crippen molar-refractivity contribution in [3.8, 4) is 0 Å². The Bertz CT molecular complexity index is 920. The molecule has 2 heterocycles. The van der Waals surface area contributed by atoms with Gasteiger partial charge in [-0.1, -0.05) is 39.8 Å². The summed E-state index contributed by atoms with van der Waals surface area (Å²) in [6.07, 6.45) is 4.25. The number of fused-ring (bicyclic) bond motifs is 1. The Hall–Kier alpha value is -2.64. The second-order valence-corrected chi connectivity index (χ2v) is 9.54. The molecule has 0 saturated carbocycles. The van der Waals surface area contributed by atoms with Gasteiger partial charge >= 0.3 is 0 Å². The molecule has 1 unspecified atom stereocenters. The van der Waals surface area contributed by atoms with Crippen molar-refractivity contribution in [3.63, 3.8) is 0 Å². The number of carbonyl (C=O) groups is 2. The van der Waals surface area contributed by atoms with E-state index in [0.29, 0.717) is 36.3 Å². The van der Waals surface area contributed by atoms with Crippen LogP contribution in [0, 0.1) is 17.3 Å². The van der Waals surface area contributed by atoms with Crippen LogP contribution in [-0.2, 0) is 19.4 Å². The number of nitrogens with zero attached hydrogens (tertiary/aromatic N) is 3. The number of carbonyl (C=O) groups excluding carboxylic acids is 2. The molecular formula is C22H33N5O3. The van der Waals surface area contributed by atoms with E-state index in [9.17, 15) is 9.59 Å². The number of aromatic nitrogens is 3. The van der Waals surface area contributed by atoms with Gasteiger partial charge in [0, 0.05) is 31.3 Å². The maximum Gasteiger partial charge on any atom is 0.278 e. The molecule has 0 aromatic carbocycles. The molecule has 30 heavy (non-hydrogen) atoms. The van der Waals surface area contributed by atoms with Crippen LogP contribution in [0.3, 0.4) is 0 Å².